The third-order valence-electron chi connectivity index (χ3n) is 4.85. The summed E-state index contributed by atoms with van der Waals surface area (Å²) in [5, 5.41) is 0. The minimum absolute atomic E-state index is 0.566. The highest BCUT2D eigenvalue weighted by molar-refractivity contribution is 5.83. The normalized spacial score (nSPS) is 10.9. The molecule has 0 bridgehead atoms. The van der Waals surface area contributed by atoms with Crippen LogP contribution in [0.3, 0.4) is 0 Å². The number of nitrogens with zero attached hydrogens (tertiary/aromatic N) is 2. The summed E-state index contributed by atoms with van der Waals surface area (Å²) in [4.78, 5) is 4.63. The van der Waals surface area contributed by atoms with Crippen LogP contribution in [0.1, 0.15) is 5.56 Å². The molecule has 0 fully saturated rings. The van der Waals surface area contributed by atoms with E-state index in [1.54, 1.807) is 27.5 Å². The lowest BCUT2D eigenvalue weighted by molar-refractivity contribution is 0.324. The zero-order chi connectivity index (χ0) is 19.7. The number of aromatic nitrogens is 2. The highest BCUT2D eigenvalue weighted by Gasteiger charge is 2.17. The van der Waals surface area contributed by atoms with Crippen LogP contribution < -0.4 is 14.2 Å². The Bertz CT molecular complexity index is 1110. The number of hydrogen-bond donors (Lipinski definition) is 0. The Balaban J connectivity index is 1.89. The Labute approximate surface area is 164 Å². The van der Waals surface area contributed by atoms with E-state index in [1.807, 2.05) is 18.3 Å². The number of methoxy groups -OCH3 is 3. The summed E-state index contributed by atoms with van der Waals surface area (Å²) in [6.07, 6.45) is 5.86. The van der Waals surface area contributed by atoms with Crippen molar-refractivity contribution in [3.05, 3.63) is 66.6 Å². The number of ether oxygens (including phenoxy) is 3. The quantitative estimate of drug-likeness (QED) is 0.493. The molecule has 0 N–H and O–H groups in total. The van der Waals surface area contributed by atoms with Crippen molar-refractivity contribution in [3.8, 4) is 39.6 Å². The molecule has 28 heavy (non-hydrogen) atoms. The molecule has 0 atom stereocenters. The van der Waals surface area contributed by atoms with Gasteiger partial charge in [-0.25, -0.2) is 0 Å². The number of aryl methyl sites for hydroxylation is 1. The lowest BCUT2D eigenvalue weighted by atomic mass is 10.1. The summed E-state index contributed by atoms with van der Waals surface area (Å²) >= 11 is 0. The van der Waals surface area contributed by atoms with E-state index >= 15 is 0 Å². The molecule has 0 aliphatic carbocycles. The second kappa shape index (κ2) is 7.27. The Kier molecular flexibility index (Phi) is 4.65. The molecule has 2 aromatic carbocycles. The third kappa shape index (κ3) is 3.05. The van der Waals surface area contributed by atoms with Gasteiger partial charge in [-0.3, -0.25) is 4.98 Å². The molecule has 2 aromatic heterocycles. The lowest BCUT2D eigenvalue weighted by Crippen LogP contribution is -1.97. The molecule has 0 aliphatic rings. The van der Waals surface area contributed by atoms with E-state index in [9.17, 15) is 0 Å². The van der Waals surface area contributed by atoms with Gasteiger partial charge in [-0.1, -0.05) is 29.8 Å². The maximum Gasteiger partial charge on any atom is 0.203 e. The van der Waals surface area contributed by atoms with Crippen LogP contribution >= 0.6 is 0 Å². The van der Waals surface area contributed by atoms with Gasteiger partial charge >= 0.3 is 0 Å². The molecule has 0 amide bonds. The van der Waals surface area contributed by atoms with Gasteiger partial charge in [-0.2, -0.15) is 0 Å². The fourth-order valence-electron chi connectivity index (χ4n) is 3.38. The van der Waals surface area contributed by atoms with Crippen LogP contribution in [0.5, 0.6) is 17.2 Å². The van der Waals surface area contributed by atoms with E-state index in [2.05, 4.69) is 52.8 Å². The van der Waals surface area contributed by atoms with Crippen LogP contribution in [0.2, 0.25) is 0 Å². The van der Waals surface area contributed by atoms with Crippen LogP contribution in [0.4, 0.5) is 0 Å². The van der Waals surface area contributed by atoms with Crippen molar-refractivity contribution in [1.82, 2.24) is 9.38 Å². The van der Waals surface area contributed by atoms with E-state index < -0.39 is 0 Å². The van der Waals surface area contributed by atoms with Crippen molar-refractivity contribution >= 4 is 5.52 Å². The Morgan fingerprint density at radius 2 is 1.46 bits per heavy atom. The molecule has 142 valence electrons. The number of hydrogen-bond acceptors (Lipinski definition) is 4. The molecular weight excluding hydrogens is 352 g/mol. The Hall–Kier alpha value is -3.47. The Morgan fingerprint density at radius 1 is 0.786 bits per heavy atom. The summed E-state index contributed by atoms with van der Waals surface area (Å²) in [5.74, 6) is 1.77. The van der Waals surface area contributed by atoms with E-state index in [0.717, 1.165) is 22.3 Å². The van der Waals surface area contributed by atoms with Crippen LogP contribution in [-0.4, -0.2) is 30.7 Å². The first-order chi connectivity index (χ1) is 13.6. The largest absolute Gasteiger partial charge is 0.493 e. The van der Waals surface area contributed by atoms with Crippen molar-refractivity contribution in [2.75, 3.05) is 21.3 Å². The minimum atomic E-state index is 0.566. The van der Waals surface area contributed by atoms with Crippen molar-refractivity contribution in [3.63, 3.8) is 0 Å². The predicted octanol–water partition coefficient (Wildman–Crippen LogP) is 5.00. The monoisotopic (exact) mass is 374 g/mol. The minimum Gasteiger partial charge on any atom is -0.493 e. The van der Waals surface area contributed by atoms with Crippen molar-refractivity contribution in [1.29, 1.82) is 0 Å². The molecule has 0 unspecified atom stereocenters. The summed E-state index contributed by atoms with van der Waals surface area (Å²) in [6, 6.07) is 14.5. The van der Waals surface area contributed by atoms with Gasteiger partial charge in [0, 0.05) is 29.7 Å². The fourth-order valence-corrected chi connectivity index (χ4v) is 3.38. The van der Waals surface area contributed by atoms with Gasteiger partial charge in [0.25, 0.3) is 0 Å². The molecule has 0 saturated heterocycles. The SMILES string of the molecule is COc1cc(-c2nccn3cc(-c4ccc(C)cc4)cc23)cc(OC)c1OC. The second-order valence-electron chi connectivity index (χ2n) is 6.58. The van der Waals surface area contributed by atoms with Gasteiger partial charge in [0.2, 0.25) is 5.75 Å². The molecule has 4 rings (SSSR count). The molecule has 4 aromatic rings. The van der Waals surface area contributed by atoms with Crippen LogP contribution in [0.15, 0.2) is 61.1 Å². The van der Waals surface area contributed by atoms with Crippen LogP contribution in [-0.2, 0) is 0 Å². The van der Waals surface area contributed by atoms with Gasteiger partial charge in [0.05, 0.1) is 32.5 Å². The van der Waals surface area contributed by atoms with Gasteiger partial charge in [-0.15, -0.1) is 0 Å². The maximum absolute atomic E-state index is 5.50. The molecular formula is C23H22N2O3. The van der Waals surface area contributed by atoms with E-state index in [1.165, 1.54) is 11.1 Å². The zero-order valence-corrected chi connectivity index (χ0v) is 16.4. The smallest absolute Gasteiger partial charge is 0.203 e. The standard InChI is InChI=1S/C23H22N2O3/c1-15-5-7-16(8-6-15)18-11-19-22(24-9-10-25(19)14-18)17-12-20(26-2)23(28-4)21(13-17)27-3/h5-14H,1-4H3. The highest BCUT2D eigenvalue weighted by atomic mass is 16.5. The summed E-state index contributed by atoms with van der Waals surface area (Å²) in [6.45, 7) is 2.09. The average molecular weight is 374 g/mol. The molecule has 5 nitrogen and oxygen atoms in total. The maximum atomic E-state index is 5.50. The highest BCUT2D eigenvalue weighted by Crippen LogP contribution is 2.41. The van der Waals surface area contributed by atoms with E-state index in [0.29, 0.717) is 17.2 Å². The Morgan fingerprint density at radius 3 is 2.07 bits per heavy atom. The van der Waals surface area contributed by atoms with Gasteiger partial charge < -0.3 is 18.6 Å². The number of benzene rings is 2. The van der Waals surface area contributed by atoms with Crippen LogP contribution in [0, 0.1) is 6.92 Å². The van der Waals surface area contributed by atoms with Crippen LogP contribution in [0.25, 0.3) is 27.9 Å². The average Bonchev–Trinajstić information content (AvgIpc) is 3.17. The fraction of sp³-hybridized carbons (Fsp3) is 0.174. The molecule has 5 heteroatoms. The van der Waals surface area contributed by atoms with E-state index in [-0.39, 0.29) is 0 Å². The summed E-state index contributed by atoms with van der Waals surface area (Å²) in [5.41, 5.74) is 6.31. The molecule has 0 spiro atoms. The number of rotatable bonds is 5. The van der Waals surface area contributed by atoms with Crippen molar-refractivity contribution in [2.45, 2.75) is 6.92 Å². The van der Waals surface area contributed by atoms with E-state index in [4.69, 9.17) is 14.2 Å². The molecule has 0 aliphatic heterocycles. The first kappa shape index (κ1) is 17.9. The molecule has 0 radical (unpaired) electrons. The first-order valence-electron chi connectivity index (χ1n) is 8.98. The van der Waals surface area contributed by atoms with Gasteiger partial charge in [0.1, 0.15) is 0 Å². The number of fused-ring (bicyclic) bond motifs is 1. The summed E-state index contributed by atoms with van der Waals surface area (Å²) < 4.78 is 18.5. The third-order valence-corrected chi connectivity index (χ3v) is 4.85. The van der Waals surface area contributed by atoms with Crippen molar-refractivity contribution in [2.24, 2.45) is 0 Å². The van der Waals surface area contributed by atoms with Crippen molar-refractivity contribution < 1.29 is 14.2 Å². The first-order valence-corrected chi connectivity index (χ1v) is 8.98. The summed E-state index contributed by atoms with van der Waals surface area (Å²) in [7, 11) is 4.82. The van der Waals surface area contributed by atoms with Gasteiger partial charge in [0.15, 0.2) is 11.5 Å². The molecule has 2 heterocycles. The zero-order valence-electron chi connectivity index (χ0n) is 16.4. The van der Waals surface area contributed by atoms with Gasteiger partial charge in [-0.05, 0) is 30.7 Å². The topological polar surface area (TPSA) is 45.0 Å². The predicted molar refractivity (Wildman–Crippen MR) is 110 cm³/mol. The lowest BCUT2D eigenvalue weighted by Gasteiger charge is -2.14. The second-order valence-corrected chi connectivity index (χ2v) is 6.58. The molecule has 0 saturated carbocycles.